The number of rotatable bonds is 16. The number of unbranched alkanes of at least 4 members (excludes halogenated alkanes) is 10. The molecule has 0 heterocycles. The molecule has 0 aliphatic rings. The summed E-state index contributed by atoms with van der Waals surface area (Å²) in [5.74, 6) is 1.85. The second kappa shape index (κ2) is 15.1. The van der Waals surface area contributed by atoms with Crippen molar-refractivity contribution in [3.05, 3.63) is 28.8 Å². The molecule has 0 radical (unpaired) electrons. The second-order valence-corrected chi connectivity index (χ2v) is 14.6. The Morgan fingerprint density at radius 3 is 1.56 bits per heavy atom. The molecule has 0 saturated carbocycles. The van der Waals surface area contributed by atoms with Crippen molar-refractivity contribution in [2.45, 2.75) is 136 Å². The molecule has 0 spiro atoms. The molecule has 0 fully saturated rings. The molecular weight excluding hydrogens is 440 g/mol. The summed E-state index contributed by atoms with van der Waals surface area (Å²) in [5.41, 5.74) is 2.80. The Bertz CT molecular complexity index is 693. The highest BCUT2D eigenvalue weighted by atomic mass is 32.2. The standard InChI is InChI=1S/C30H54O3S/c1-8-9-10-11-12-13-14-15-16-17-18-19-34(23-27(31)32)22-24-20-25(29(2,3)4)28(33)26(21-24)30(5,6)7/h20-21,33-34H,8-19,22-23H2,1-7H3,(H,31,32). The van der Waals surface area contributed by atoms with Crippen molar-refractivity contribution in [1.82, 2.24) is 0 Å². The third-order valence-electron chi connectivity index (χ3n) is 6.63. The number of aliphatic carboxylic acids is 1. The van der Waals surface area contributed by atoms with Crippen LogP contribution in [0.4, 0.5) is 0 Å². The molecule has 0 bridgehead atoms. The lowest BCUT2D eigenvalue weighted by Crippen LogP contribution is -2.18. The van der Waals surface area contributed by atoms with Gasteiger partial charge in [-0.15, -0.1) is 0 Å². The highest BCUT2D eigenvalue weighted by molar-refractivity contribution is 8.16. The Balaban J connectivity index is 2.67. The molecule has 0 amide bonds. The molecule has 0 aliphatic heterocycles. The number of carboxylic acids is 1. The maximum atomic E-state index is 11.6. The lowest BCUT2D eigenvalue weighted by molar-refractivity contribution is -0.133. The highest BCUT2D eigenvalue weighted by Crippen LogP contribution is 2.42. The van der Waals surface area contributed by atoms with Gasteiger partial charge in [-0.05, 0) is 39.7 Å². The van der Waals surface area contributed by atoms with Crippen molar-refractivity contribution in [2.24, 2.45) is 0 Å². The summed E-state index contributed by atoms with van der Waals surface area (Å²) < 4.78 is 0. The van der Waals surface area contributed by atoms with Crippen LogP contribution in [0.2, 0.25) is 0 Å². The fourth-order valence-electron chi connectivity index (χ4n) is 4.59. The zero-order valence-electron chi connectivity index (χ0n) is 23.3. The molecule has 0 aliphatic carbocycles. The van der Waals surface area contributed by atoms with Crippen LogP contribution in [0.3, 0.4) is 0 Å². The number of hydrogen-bond acceptors (Lipinski definition) is 2. The number of hydrogen-bond donors (Lipinski definition) is 3. The number of phenolic OH excluding ortho intramolecular Hbond substituents is 1. The number of carboxylic acid groups (broad SMARTS) is 1. The second-order valence-electron chi connectivity index (χ2n) is 12.2. The third-order valence-corrected chi connectivity index (χ3v) is 9.11. The van der Waals surface area contributed by atoms with Crippen LogP contribution in [-0.4, -0.2) is 27.7 Å². The highest BCUT2D eigenvalue weighted by Gasteiger charge is 2.27. The van der Waals surface area contributed by atoms with Crippen molar-refractivity contribution >= 4 is 16.9 Å². The van der Waals surface area contributed by atoms with E-state index >= 15 is 0 Å². The van der Waals surface area contributed by atoms with Crippen LogP contribution >= 0.6 is 10.9 Å². The predicted molar refractivity (Wildman–Crippen MR) is 152 cm³/mol. The summed E-state index contributed by atoms with van der Waals surface area (Å²) in [7, 11) is -0.600. The van der Waals surface area contributed by atoms with E-state index in [2.05, 4.69) is 60.6 Å². The van der Waals surface area contributed by atoms with E-state index in [0.717, 1.165) is 29.1 Å². The fraction of sp³-hybridized carbons (Fsp3) is 0.767. The summed E-state index contributed by atoms with van der Waals surface area (Å²) in [6.07, 6.45) is 14.5. The molecule has 0 aromatic heterocycles. The predicted octanol–water partition coefficient (Wildman–Crippen LogP) is 8.88. The first-order valence-electron chi connectivity index (χ1n) is 13.7. The number of thiol groups is 1. The largest absolute Gasteiger partial charge is 0.507 e. The van der Waals surface area contributed by atoms with Crippen LogP contribution in [-0.2, 0) is 21.4 Å². The number of phenols is 1. The minimum absolute atomic E-state index is 0.161. The molecule has 4 heteroatoms. The molecule has 34 heavy (non-hydrogen) atoms. The van der Waals surface area contributed by atoms with E-state index in [1.807, 2.05) is 0 Å². The van der Waals surface area contributed by atoms with Gasteiger partial charge in [0.1, 0.15) is 5.75 Å². The van der Waals surface area contributed by atoms with Crippen LogP contribution < -0.4 is 0 Å². The van der Waals surface area contributed by atoms with Gasteiger partial charge < -0.3 is 10.2 Å². The molecule has 1 aromatic carbocycles. The summed E-state index contributed by atoms with van der Waals surface area (Å²) in [5, 5.41) is 20.5. The maximum Gasteiger partial charge on any atom is 0.311 e. The quantitative estimate of drug-likeness (QED) is 0.159. The molecule has 0 saturated heterocycles. The molecule has 1 unspecified atom stereocenters. The Morgan fingerprint density at radius 2 is 1.18 bits per heavy atom. The van der Waals surface area contributed by atoms with Gasteiger partial charge in [0.15, 0.2) is 0 Å². The monoisotopic (exact) mass is 494 g/mol. The van der Waals surface area contributed by atoms with E-state index in [-0.39, 0.29) is 16.6 Å². The summed E-state index contributed by atoms with van der Waals surface area (Å²) in [6, 6.07) is 4.25. The topological polar surface area (TPSA) is 57.5 Å². The van der Waals surface area contributed by atoms with E-state index in [1.54, 1.807) is 0 Å². The number of aromatic hydroxyl groups is 1. The average Bonchev–Trinajstić information content (AvgIpc) is 2.71. The van der Waals surface area contributed by atoms with Gasteiger partial charge >= 0.3 is 5.97 Å². The Hall–Kier alpha value is -1.16. The van der Waals surface area contributed by atoms with Crippen molar-refractivity contribution in [2.75, 3.05) is 11.5 Å². The van der Waals surface area contributed by atoms with Crippen LogP contribution in [0.1, 0.15) is 136 Å². The summed E-state index contributed by atoms with van der Waals surface area (Å²) in [4.78, 5) is 11.6. The van der Waals surface area contributed by atoms with E-state index in [0.29, 0.717) is 5.75 Å². The zero-order chi connectivity index (χ0) is 25.8. The van der Waals surface area contributed by atoms with E-state index < -0.39 is 16.9 Å². The van der Waals surface area contributed by atoms with Gasteiger partial charge in [-0.2, -0.15) is 0 Å². The molecule has 1 rings (SSSR count). The van der Waals surface area contributed by atoms with Crippen LogP contribution in [0, 0.1) is 0 Å². The van der Waals surface area contributed by atoms with Crippen molar-refractivity contribution in [3.8, 4) is 5.75 Å². The SMILES string of the molecule is CCCCCCCCCCCCC[SH](CC(=O)O)Cc1cc(C(C)(C)C)c(O)c(C(C)(C)C)c1. The maximum absolute atomic E-state index is 11.6. The van der Waals surface area contributed by atoms with Gasteiger partial charge in [0.25, 0.3) is 0 Å². The van der Waals surface area contributed by atoms with E-state index in [4.69, 9.17) is 0 Å². The van der Waals surface area contributed by atoms with Crippen molar-refractivity contribution in [3.63, 3.8) is 0 Å². The van der Waals surface area contributed by atoms with Gasteiger partial charge in [0.2, 0.25) is 0 Å². The number of benzene rings is 1. The lowest BCUT2D eigenvalue weighted by Gasteiger charge is -2.29. The van der Waals surface area contributed by atoms with Crippen LogP contribution in [0.5, 0.6) is 5.75 Å². The van der Waals surface area contributed by atoms with Crippen molar-refractivity contribution in [1.29, 1.82) is 0 Å². The molecule has 1 atom stereocenters. The molecule has 1 aromatic rings. The first kappa shape index (κ1) is 30.9. The lowest BCUT2D eigenvalue weighted by atomic mass is 9.78. The zero-order valence-corrected chi connectivity index (χ0v) is 24.2. The van der Waals surface area contributed by atoms with Gasteiger partial charge in [-0.25, -0.2) is 10.9 Å². The molecule has 198 valence electrons. The van der Waals surface area contributed by atoms with E-state index in [1.165, 1.54) is 69.8 Å². The summed E-state index contributed by atoms with van der Waals surface area (Å²) >= 11 is 0. The molecular formula is C30H54O3S. The summed E-state index contributed by atoms with van der Waals surface area (Å²) in [6.45, 7) is 15.0. The number of carbonyl (C=O) groups is 1. The minimum Gasteiger partial charge on any atom is -0.507 e. The first-order chi connectivity index (χ1) is 15.9. The van der Waals surface area contributed by atoms with Gasteiger partial charge in [-0.3, -0.25) is 4.79 Å². The Kier molecular flexibility index (Phi) is 13.7. The van der Waals surface area contributed by atoms with Crippen LogP contribution in [0.25, 0.3) is 0 Å². The fourth-order valence-corrected chi connectivity index (χ4v) is 6.77. The van der Waals surface area contributed by atoms with Gasteiger partial charge in [0, 0.05) is 5.75 Å². The third kappa shape index (κ3) is 12.0. The van der Waals surface area contributed by atoms with Gasteiger partial charge in [0.05, 0.1) is 5.75 Å². The van der Waals surface area contributed by atoms with Crippen molar-refractivity contribution < 1.29 is 15.0 Å². The first-order valence-corrected chi connectivity index (χ1v) is 15.6. The van der Waals surface area contributed by atoms with Gasteiger partial charge in [-0.1, -0.05) is 125 Å². The Morgan fingerprint density at radius 1 is 0.765 bits per heavy atom. The minimum atomic E-state index is -0.681. The smallest absolute Gasteiger partial charge is 0.311 e. The Labute approximate surface area is 213 Å². The molecule has 2 N–H and O–H groups in total. The molecule has 3 nitrogen and oxygen atoms in total. The average molecular weight is 495 g/mol. The van der Waals surface area contributed by atoms with E-state index in [9.17, 15) is 15.0 Å². The van der Waals surface area contributed by atoms with Crippen LogP contribution in [0.15, 0.2) is 12.1 Å². The normalized spacial score (nSPS) is 13.8.